The number of carbonyl (C=O) groups is 1. The van der Waals surface area contributed by atoms with E-state index in [1.807, 2.05) is 0 Å². The third-order valence-electron chi connectivity index (χ3n) is 11.9. The van der Waals surface area contributed by atoms with Crippen molar-refractivity contribution < 1.29 is 131 Å². The van der Waals surface area contributed by atoms with E-state index in [-0.39, 0.29) is 32.7 Å². The molecule has 7 aromatic carbocycles. The summed E-state index contributed by atoms with van der Waals surface area (Å²) in [5.41, 5.74) is -5.07. The minimum absolute atomic E-state index is 0.108. The van der Waals surface area contributed by atoms with Gasteiger partial charge in [0.1, 0.15) is 58.4 Å². The van der Waals surface area contributed by atoms with Crippen LogP contribution in [0.4, 0.5) is 44.1 Å². The number of carbonyl (C=O) groups excluding carboxylic acids is 1. The Morgan fingerprint density at radius 2 is 1.05 bits per heavy atom. The number of anilines is 1. The number of benzene rings is 7. The van der Waals surface area contributed by atoms with Crippen LogP contribution in [0.2, 0.25) is 0 Å². The first-order chi connectivity index (χ1) is 44.2. The molecule has 508 valence electrons. The predicted octanol–water partition coefficient (Wildman–Crippen LogP) is 5.59. The molecule has 0 atom stereocenters. The van der Waals surface area contributed by atoms with Gasteiger partial charge in [0.2, 0.25) is 11.0 Å². The quantitative estimate of drug-likeness (QED) is 0.0368. The number of hydrogen-bond acceptors (Lipinski definition) is 32. The number of aromatic nitrogens is 3. The summed E-state index contributed by atoms with van der Waals surface area (Å²) < 4.78 is 295. The number of aromatic hydroxyl groups is 2. The molecule has 0 unspecified atom stereocenters. The van der Waals surface area contributed by atoms with Crippen LogP contribution < -0.4 is 10.6 Å². The third kappa shape index (κ3) is 18.1. The summed E-state index contributed by atoms with van der Waals surface area (Å²) in [6.45, 7) is -0.687. The number of amides is 2. The number of thiazole rings is 1. The highest BCUT2D eigenvalue weighted by atomic mass is 32.2. The molecule has 0 radical (unpaired) electrons. The molecule has 0 aliphatic carbocycles. The Morgan fingerprint density at radius 1 is 0.510 bits per heavy atom. The minimum atomic E-state index is -5.51. The Labute approximate surface area is 543 Å². The van der Waals surface area contributed by atoms with Crippen molar-refractivity contribution in [2.45, 2.75) is 29.4 Å². The van der Waals surface area contributed by atoms with Crippen LogP contribution in [-0.4, -0.2) is 159 Å². The van der Waals surface area contributed by atoms with Crippen LogP contribution in [0.3, 0.4) is 0 Å². The van der Waals surface area contributed by atoms with Gasteiger partial charge in [0.15, 0.2) is 11.4 Å². The van der Waals surface area contributed by atoms with Crippen LogP contribution in [0, 0.1) is 0 Å². The summed E-state index contributed by atoms with van der Waals surface area (Å²) in [5, 5.41) is 52.2. The second-order valence-corrected chi connectivity index (χ2v) is 29.9. The van der Waals surface area contributed by atoms with Crippen molar-refractivity contribution in [2.24, 2.45) is 30.7 Å². The summed E-state index contributed by atoms with van der Waals surface area (Å²) in [6, 6.07) is 16.9. The molecule has 2 amide bonds. The Balaban J connectivity index is 0.00000154. The Kier molecular flexibility index (Phi) is 21.6. The van der Waals surface area contributed by atoms with Crippen LogP contribution in [-0.2, 0) is 92.0 Å². The molecule has 2 aromatic heterocycles. The zero-order valence-corrected chi connectivity index (χ0v) is 54.2. The van der Waals surface area contributed by atoms with Crippen LogP contribution in [0.5, 0.6) is 11.6 Å². The maximum absolute atomic E-state index is 13.2. The number of rotatable bonds is 18. The number of azo groups is 3. The van der Waals surface area contributed by atoms with Gasteiger partial charge in [-0.25, -0.2) is 9.78 Å². The van der Waals surface area contributed by atoms with E-state index in [4.69, 9.17) is 29.8 Å². The molecule has 0 bridgehead atoms. The fraction of sp³-hybridized carbons (Fsp3) is 0.0444. The fourth-order valence-electron chi connectivity index (χ4n) is 8.24. The van der Waals surface area contributed by atoms with Crippen molar-refractivity contribution in [3.63, 3.8) is 0 Å². The molecule has 11 N–H and O–H groups in total. The van der Waals surface area contributed by atoms with Crippen molar-refractivity contribution in [1.29, 1.82) is 0 Å². The van der Waals surface area contributed by atoms with Crippen LogP contribution in [0.15, 0.2) is 169 Å². The SMILES string of the molecule is O=C(NCCS(=O)(=O)O)Nc1cc(N=Nc2ccc3c(S(=O)(=O)O)c(N=Nc4c(-c5ccccc5)nn(-c5cc(S(=O)(=O)O)c6cc(S(=O)(=O)O)cc(S(=O)(=O)O)c6c5)c4O)ccc3c2O)c(S(=O)(=O)O)cc1N=Nc1nc2c(S(=O)(=O)O)cccc2s1.O=S(=O)=O.O=S(=O)=O. The van der Waals surface area contributed by atoms with Crippen molar-refractivity contribution in [3.05, 3.63) is 109 Å². The summed E-state index contributed by atoms with van der Waals surface area (Å²) in [7, 11) is -42.8. The molecule has 9 rings (SSSR count). The first-order valence-electron chi connectivity index (χ1n) is 24.2. The van der Waals surface area contributed by atoms with Gasteiger partial charge in [-0.15, -0.1) is 55.9 Å². The maximum atomic E-state index is 13.2. The molecular weight excluding hydrogens is 1500 g/mol. The first kappa shape index (κ1) is 73.8. The van der Waals surface area contributed by atoms with Gasteiger partial charge >= 0.3 is 27.2 Å². The van der Waals surface area contributed by atoms with Gasteiger partial charge in [0.05, 0.1) is 26.7 Å². The van der Waals surface area contributed by atoms with E-state index in [0.717, 1.165) is 53.8 Å². The summed E-state index contributed by atoms with van der Waals surface area (Å²) in [5.74, 6) is -3.00. The van der Waals surface area contributed by atoms with Crippen molar-refractivity contribution in [2.75, 3.05) is 17.6 Å². The minimum Gasteiger partial charge on any atom is -0.505 e. The van der Waals surface area contributed by atoms with E-state index in [9.17, 15) is 101 Å². The highest BCUT2D eigenvalue weighted by Crippen LogP contribution is 2.46. The lowest BCUT2D eigenvalue weighted by Crippen LogP contribution is -2.32. The monoisotopic (exact) mass is 1530 g/mol. The molecular formula is C45H33N11O30S10. The van der Waals surface area contributed by atoms with Gasteiger partial charge in [0.25, 0.3) is 70.8 Å². The van der Waals surface area contributed by atoms with Gasteiger partial charge in [-0.2, -0.15) is 68.7 Å². The first-order valence-corrected chi connectivity index (χ1v) is 37.3. The lowest BCUT2D eigenvalue weighted by molar-refractivity contribution is 0.252. The summed E-state index contributed by atoms with van der Waals surface area (Å²) in [4.78, 5) is 10.4. The molecule has 0 spiro atoms. The molecule has 0 aliphatic rings. The molecule has 9 aromatic rings. The van der Waals surface area contributed by atoms with Gasteiger partial charge < -0.3 is 20.8 Å². The highest BCUT2D eigenvalue weighted by Gasteiger charge is 2.30. The zero-order chi connectivity index (χ0) is 71.6. The van der Waals surface area contributed by atoms with E-state index in [1.165, 1.54) is 36.4 Å². The van der Waals surface area contributed by atoms with E-state index >= 15 is 0 Å². The van der Waals surface area contributed by atoms with Gasteiger partial charge in [-0.05, 0) is 66.7 Å². The standard InChI is InChI=1S/C45H33N11O24S8.2O3S/c57-41-24-9-12-29(50-53-40-38(21-5-2-1-3-6-21)55-56(43(40)58)22-15-26-27(35(16-22)85(69,70)71)17-23(83(63,64)65)18-36(26)86(72,73)74)42(88(78,79)80)25(24)10-11-28(41)49-52-32-19-30(47-44(59)46-13-14-82(60,61)62)31(20-37(32)87(75,76)77)51-54-45-48-39-33(81-45)7-4-8-34(39)84(66,67)68;2*1-4(2)3/h1-12,15-20,57-58H,13-14H2,(H2,46,47,59)(H,60,61,62)(H,63,64,65)(H,66,67,68)(H,69,70,71)(H,72,73,74)(H,75,76,77)(H,78,79,80);;. The van der Waals surface area contributed by atoms with E-state index in [0.29, 0.717) is 22.9 Å². The lowest BCUT2D eigenvalue weighted by Gasteiger charge is -2.13. The van der Waals surface area contributed by atoms with E-state index in [1.54, 1.807) is 6.07 Å². The van der Waals surface area contributed by atoms with Crippen molar-refractivity contribution >= 4 is 180 Å². The van der Waals surface area contributed by atoms with E-state index < -0.39 is 213 Å². The van der Waals surface area contributed by atoms with Gasteiger partial charge in [-0.1, -0.05) is 53.8 Å². The molecule has 0 aliphatic heterocycles. The molecule has 0 saturated carbocycles. The largest absolute Gasteiger partial charge is 0.505 e. The lowest BCUT2D eigenvalue weighted by atomic mass is 10.1. The number of nitrogens with zero attached hydrogens (tertiary/aromatic N) is 9. The third-order valence-corrected chi connectivity index (χ3v) is 18.9. The average molecular weight is 1530 g/mol. The number of urea groups is 1. The molecule has 41 nitrogen and oxygen atoms in total. The van der Waals surface area contributed by atoms with Crippen molar-refractivity contribution in [3.8, 4) is 28.6 Å². The van der Waals surface area contributed by atoms with Crippen LogP contribution in [0.25, 0.3) is 48.7 Å². The second kappa shape index (κ2) is 28.0. The number of hydrogen-bond donors (Lipinski definition) is 11. The Morgan fingerprint density at radius 3 is 1.62 bits per heavy atom. The highest BCUT2D eigenvalue weighted by molar-refractivity contribution is 7.88. The molecule has 2 heterocycles. The smallest absolute Gasteiger partial charge is 0.425 e. The van der Waals surface area contributed by atoms with Crippen LogP contribution in [0.1, 0.15) is 0 Å². The average Bonchev–Trinajstić information content (AvgIpc) is 1.13. The Bertz CT molecular complexity index is 5900. The topological polar surface area (TPSA) is 669 Å². The molecule has 51 heteroatoms. The number of para-hydroxylation sites is 1. The number of fused-ring (bicyclic) bond motifs is 3. The summed E-state index contributed by atoms with van der Waals surface area (Å²) in [6.07, 6.45) is 0. The fourth-order valence-corrected chi connectivity index (χ4v) is 13.6. The van der Waals surface area contributed by atoms with Crippen LogP contribution >= 0.6 is 11.3 Å². The molecule has 96 heavy (non-hydrogen) atoms. The molecule has 0 saturated heterocycles. The Hall–Kier alpha value is -9.56. The van der Waals surface area contributed by atoms with E-state index in [2.05, 4.69) is 51.4 Å². The van der Waals surface area contributed by atoms with Gasteiger partial charge in [0, 0.05) is 33.7 Å². The van der Waals surface area contributed by atoms with Crippen molar-refractivity contribution in [1.82, 2.24) is 20.1 Å². The zero-order valence-electron chi connectivity index (χ0n) is 46.0. The number of phenols is 1. The second-order valence-electron chi connectivity index (χ2n) is 18.2. The normalized spacial score (nSPS) is 12.6. The summed E-state index contributed by atoms with van der Waals surface area (Å²) >= 11 is 0.731. The molecule has 0 fully saturated rings. The maximum Gasteiger partial charge on any atom is 0.425 e. The number of nitrogens with one attached hydrogen (secondary N) is 2. The predicted molar refractivity (Wildman–Crippen MR) is 324 cm³/mol. The van der Waals surface area contributed by atoms with Gasteiger partial charge in [-0.3, -0.25) is 31.9 Å². The number of phenolic OH excluding ortho intramolecular Hbond substituents is 1.